The van der Waals surface area contributed by atoms with Crippen molar-refractivity contribution in [2.24, 2.45) is 0 Å². The predicted octanol–water partition coefficient (Wildman–Crippen LogP) is 1.02. The van der Waals surface area contributed by atoms with E-state index in [9.17, 15) is 9.46 Å². The van der Waals surface area contributed by atoms with Gasteiger partial charge in [0, 0.05) is 13.7 Å². The molecule has 2 aromatic rings. The van der Waals surface area contributed by atoms with Gasteiger partial charge in [0.05, 0.1) is 32.7 Å². The van der Waals surface area contributed by atoms with Crippen molar-refractivity contribution in [3.8, 4) is 5.88 Å². The van der Waals surface area contributed by atoms with Crippen LogP contribution in [-0.4, -0.2) is 64.3 Å². The maximum atomic E-state index is 11.9. The van der Waals surface area contributed by atoms with Gasteiger partial charge in [0.2, 0.25) is 11.8 Å². The minimum absolute atomic E-state index is 0.0639. The number of rotatable bonds is 11. The molecule has 0 aromatic carbocycles. The standard InChI is InChI=1S/C14H24N5O6P/c1-10(24-9-26(20,21)25-6-4-5-22-2)7-19-8-16-11-12(19)17-14(15)18-13(11)23-3/h8,10H,4-7,9H2,1-3H3,(H,20,21)(H2,15,17,18)/t10-/m1/s1. The van der Waals surface area contributed by atoms with Crippen LogP contribution in [0.3, 0.4) is 0 Å². The number of nitrogen functional groups attached to an aromatic ring is 1. The molecule has 0 aliphatic rings. The highest BCUT2D eigenvalue weighted by molar-refractivity contribution is 7.52. The van der Waals surface area contributed by atoms with E-state index in [2.05, 4.69) is 15.0 Å². The van der Waals surface area contributed by atoms with Gasteiger partial charge in [0.1, 0.15) is 6.35 Å². The number of hydrogen-bond acceptors (Lipinski definition) is 9. The minimum atomic E-state index is -3.81. The third kappa shape index (κ3) is 5.61. The first-order chi connectivity index (χ1) is 12.4. The van der Waals surface area contributed by atoms with Gasteiger partial charge >= 0.3 is 7.60 Å². The third-order valence-electron chi connectivity index (χ3n) is 3.40. The molecule has 3 N–H and O–H groups in total. The highest BCUT2D eigenvalue weighted by Crippen LogP contribution is 2.42. The lowest BCUT2D eigenvalue weighted by Crippen LogP contribution is -2.18. The van der Waals surface area contributed by atoms with Crippen LogP contribution < -0.4 is 10.5 Å². The number of hydrogen-bond donors (Lipinski definition) is 2. The molecule has 0 amide bonds. The highest BCUT2D eigenvalue weighted by atomic mass is 31.2. The zero-order chi connectivity index (χ0) is 19.2. The van der Waals surface area contributed by atoms with Gasteiger partial charge < -0.3 is 33.9 Å². The van der Waals surface area contributed by atoms with E-state index in [1.54, 1.807) is 24.9 Å². The summed E-state index contributed by atoms with van der Waals surface area (Å²) in [6, 6.07) is 0. The molecule has 11 nitrogen and oxygen atoms in total. The molecule has 0 saturated heterocycles. The number of imidazole rings is 1. The van der Waals surface area contributed by atoms with Crippen LogP contribution >= 0.6 is 7.60 Å². The maximum absolute atomic E-state index is 11.9. The van der Waals surface area contributed by atoms with Gasteiger partial charge in [0.15, 0.2) is 11.2 Å². The Morgan fingerprint density at radius 2 is 2.12 bits per heavy atom. The van der Waals surface area contributed by atoms with E-state index < -0.39 is 20.0 Å². The molecule has 0 radical (unpaired) electrons. The Bertz CT molecular complexity index is 770. The molecular formula is C14H24N5O6P. The Morgan fingerprint density at radius 1 is 1.35 bits per heavy atom. The summed E-state index contributed by atoms with van der Waals surface area (Å²) < 4.78 is 34.0. The second-order valence-corrected chi connectivity index (χ2v) is 7.37. The fraction of sp³-hybridized carbons (Fsp3) is 0.643. The average Bonchev–Trinajstić information content (AvgIpc) is 2.99. The normalized spacial score (nSPS) is 15.1. The van der Waals surface area contributed by atoms with Crippen LogP contribution in [0.2, 0.25) is 0 Å². The van der Waals surface area contributed by atoms with Crippen LogP contribution in [0.25, 0.3) is 11.2 Å². The zero-order valence-electron chi connectivity index (χ0n) is 15.0. The monoisotopic (exact) mass is 389 g/mol. The maximum Gasteiger partial charge on any atom is 0.353 e. The van der Waals surface area contributed by atoms with Crippen molar-refractivity contribution < 1.29 is 28.2 Å². The summed E-state index contributed by atoms with van der Waals surface area (Å²) in [5.41, 5.74) is 6.64. The Labute approximate surface area is 151 Å². The van der Waals surface area contributed by atoms with Gasteiger partial charge in [-0.2, -0.15) is 9.97 Å². The SMILES string of the molecule is COCCCOP(=O)(O)CO[C@H](C)Cn1cnc2c(OC)nc(N)nc21. The van der Waals surface area contributed by atoms with Gasteiger partial charge in [-0.3, -0.25) is 4.57 Å². The zero-order valence-corrected chi connectivity index (χ0v) is 15.9. The van der Waals surface area contributed by atoms with Crippen LogP contribution in [0, 0.1) is 0 Å². The smallest absolute Gasteiger partial charge is 0.353 e. The molecule has 2 heterocycles. The highest BCUT2D eigenvalue weighted by Gasteiger charge is 2.22. The molecule has 2 rings (SSSR count). The topological polar surface area (TPSA) is 144 Å². The Balaban J connectivity index is 1.94. The molecule has 0 fully saturated rings. The van der Waals surface area contributed by atoms with Gasteiger partial charge in [-0.15, -0.1) is 0 Å². The molecule has 0 saturated carbocycles. The van der Waals surface area contributed by atoms with Crippen molar-refractivity contribution >= 4 is 24.7 Å². The van der Waals surface area contributed by atoms with Crippen molar-refractivity contribution in [2.75, 3.05) is 39.5 Å². The van der Waals surface area contributed by atoms with Crippen molar-refractivity contribution in [2.45, 2.75) is 26.0 Å². The lowest BCUT2D eigenvalue weighted by Gasteiger charge is -2.17. The van der Waals surface area contributed by atoms with E-state index >= 15 is 0 Å². The van der Waals surface area contributed by atoms with Crippen molar-refractivity contribution in [1.29, 1.82) is 0 Å². The largest absolute Gasteiger partial charge is 0.479 e. The molecule has 0 spiro atoms. The Morgan fingerprint density at radius 3 is 2.81 bits per heavy atom. The number of aromatic nitrogens is 4. The number of nitrogens with two attached hydrogens (primary N) is 1. The lowest BCUT2D eigenvalue weighted by molar-refractivity contribution is 0.0704. The van der Waals surface area contributed by atoms with Crippen molar-refractivity contribution in [3.63, 3.8) is 0 Å². The van der Waals surface area contributed by atoms with E-state index in [1.807, 2.05) is 0 Å². The molecule has 0 bridgehead atoms. The molecule has 2 atom stereocenters. The summed E-state index contributed by atoms with van der Waals surface area (Å²) in [5.74, 6) is 0.345. The molecule has 12 heteroatoms. The number of methoxy groups -OCH3 is 2. The fourth-order valence-electron chi connectivity index (χ4n) is 2.21. The summed E-state index contributed by atoms with van der Waals surface area (Å²) in [6.45, 7) is 2.69. The van der Waals surface area contributed by atoms with E-state index in [0.29, 0.717) is 30.7 Å². The molecule has 146 valence electrons. The molecule has 26 heavy (non-hydrogen) atoms. The second kappa shape index (κ2) is 9.24. The lowest BCUT2D eigenvalue weighted by atomic mass is 10.4. The van der Waals surface area contributed by atoms with Crippen molar-refractivity contribution in [1.82, 2.24) is 19.5 Å². The molecule has 0 aliphatic heterocycles. The molecule has 0 aliphatic carbocycles. The van der Waals surface area contributed by atoms with Gasteiger partial charge in [-0.05, 0) is 13.3 Å². The molecular weight excluding hydrogens is 365 g/mol. The quantitative estimate of drug-likeness (QED) is 0.422. The van der Waals surface area contributed by atoms with Gasteiger partial charge in [-0.25, -0.2) is 4.98 Å². The Kier molecular flexibility index (Phi) is 7.30. The average molecular weight is 389 g/mol. The second-order valence-electron chi connectivity index (χ2n) is 5.58. The van der Waals surface area contributed by atoms with Crippen LogP contribution in [0.4, 0.5) is 5.95 Å². The number of fused-ring (bicyclic) bond motifs is 1. The van der Waals surface area contributed by atoms with E-state index in [1.165, 1.54) is 7.11 Å². The van der Waals surface area contributed by atoms with Crippen molar-refractivity contribution in [3.05, 3.63) is 6.33 Å². The van der Waals surface area contributed by atoms with Crippen LogP contribution in [-0.2, 0) is 25.1 Å². The van der Waals surface area contributed by atoms with E-state index in [4.69, 9.17) is 24.5 Å². The van der Waals surface area contributed by atoms with Gasteiger partial charge in [0.25, 0.3) is 0 Å². The van der Waals surface area contributed by atoms with Crippen LogP contribution in [0.1, 0.15) is 13.3 Å². The van der Waals surface area contributed by atoms with Crippen LogP contribution in [0.15, 0.2) is 6.33 Å². The number of nitrogens with zero attached hydrogens (tertiary/aromatic N) is 4. The first-order valence-corrected chi connectivity index (χ1v) is 9.72. The summed E-state index contributed by atoms with van der Waals surface area (Å²) in [5, 5.41) is 0. The summed E-state index contributed by atoms with van der Waals surface area (Å²) >= 11 is 0. The minimum Gasteiger partial charge on any atom is -0.479 e. The van der Waals surface area contributed by atoms with E-state index in [0.717, 1.165) is 0 Å². The number of ether oxygens (including phenoxy) is 3. The number of anilines is 1. The molecule has 2 aromatic heterocycles. The van der Waals surface area contributed by atoms with E-state index in [-0.39, 0.29) is 18.4 Å². The first kappa shape index (κ1) is 20.5. The predicted molar refractivity (Wildman–Crippen MR) is 94.0 cm³/mol. The van der Waals surface area contributed by atoms with Crippen LogP contribution in [0.5, 0.6) is 5.88 Å². The Hall–Kier alpha value is -1.78. The molecule has 1 unspecified atom stereocenters. The summed E-state index contributed by atoms with van der Waals surface area (Å²) in [7, 11) is -0.791. The van der Waals surface area contributed by atoms with Gasteiger partial charge in [-0.1, -0.05) is 0 Å². The summed E-state index contributed by atoms with van der Waals surface area (Å²) in [6.07, 6.45) is 1.29. The summed E-state index contributed by atoms with van der Waals surface area (Å²) in [4.78, 5) is 22.1. The third-order valence-corrected chi connectivity index (χ3v) is 4.47. The first-order valence-electron chi connectivity index (χ1n) is 7.95. The fourth-order valence-corrected chi connectivity index (χ4v) is 3.14.